The Morgan fingerprint density at radius 1 is 1.43 bits per heavy atom. The second-order valence-corrected chi connectivity index (χ2v) is 4.14. The largest absolute Gasteiger partial charge is 0.349 e. The molecule has 1 heterocycles. The van der Waals surface area contributed by atoms with E-state index in [1.54, 1.807) is 0 Å². The van der Waals surface area contributed by atoms with E-state index in [2.05, 4.69) is 39.8 Å². The third-order valence-electron chi connectivity index (χ3n) is 2.21. The highest BCUT2D eigenvalue weighted by Crippen LogP contribution is 2.21. The Balaban J connectivity index is 2.45. The van der Waals surface area contributed by atoms with Crippen molar-refractivity contribution in [2.45, 2.75) is 52.1 Å². The van der Waals surface area contributed by atoms with Gasteiger partial charge in [-0.05, 0) is 19.3 Å². The molecule has 1 aliphatic rings. The monoisotopic (exact) mass is 197 g/mol. The second-order valence-electron chi connectivity index (χ2n) is 4.14. The zero-order valence-corrected chi connectivity index (χ0v) is 9.40. The summed E-state index contributed by atoms with van der Waals surface area (Å²) in [4.78, 5) is 0. The Morgan fingerprint density at radius 3 is 2.71 bits per heavy atom. The van der Waals surface area contributed by atoms with Gasteiger partial charge in [0.15, 0.2) is 6.29 Å². The van der Waals surface area contributed by atoms with Crippen LogP contribution in [0.1, 0.15) is 33.6 Å². The summed E-state index contributed by atoms with van der Waals surface area (Å²) in [6.45, 7) is 10.3. The van der Waals surface area contributed by atoms with E-state index in [-0.39, 0.29) is 18.5 Å². The van der Waals surface area contributed by atoms with Gasteiger partial charge in [0, 0.05) is 6.42 Å². The highest BCUT2D eigenvalue weighted by atomic mass is 16.7. The van der Waals surface area contributed by atoms with Crippen LogP contribution in [0.4, 0.5) is 0 Å². The summed E-state index contributed by atoms with van der Waals surface area (Å²) in [5.41, 5.74) is 0. The van der Waals surface area contributed by atoms with Crippen LogP contribution < -0.4 is 0 Å². The van der Waals surface area contributed by atoms with Crippen molar-refractivity contribution in [3.8, 4) is 0 Å². The van der Waals surface area contributed by atoms with Gasteiger partial charge in [-0.25, -0.2) is 0 Å². The van der Waals surface area contributed by atoms with Crippen molar-refractivity contribution in [2.75, 3.05) is 0 Å². The molecule has 0 saturated carbocycles. The van der Waals surface area contributed by atoms with Crippen LogP contribution in [-0.4, -0.2) is 18.5 Å². The summed E-state index contributed by atoms with van der Waals surface area (Å²) in [6.07, 6.45) is 6.23. The standard InChI is InChI=1S/C12H21O2/c1-5-12-13-10(4)8-11(14-12)7-6-9(2)3/h6-7,9-12H,4-5,8H2,1-3H3/b7-6+/t10-,11+,12-/m1/s1. The van der Waals surface area contributed by atoms with E-state index in [1.807, 2.05) is 0 Å². The van der Waals surface area contributed by atoms with E-state index in [0.717, 1.165) is 12.8 Å². The third-order valence-corrected chi connectivity index (χ3v) is 2.21. The summed E-state index contributed by atoms with van der Waals surface area (Å²) < 4.78 is 11.2. The summed E-state index contributed by atoms with van der Waals surface area (Å²) in [5, 5.41) is 0. The molecule has 0 aromatic rings. The van der Waals surface area contributed by atoms with Gasteiger partial charge in [0.2, 0.25) is 0 Å². The fourth-order valence-electron chi connectivity index (χ4n) is 1.47. The average molecular weight is 197 g/mol. The molecule has 0 aliphatic carbocycles. The summed E-state index contributed by atoms with van der Waals surface area (Å²) in [7, 11) is 0. The summed E-state index contributed by atoms with van der Waals surface area (Å²) >= 11 is 0. The minimum Gasteiger partial charge on any atom is -0.349 e. The highest BCUT2D eigenvalue weighted by Gasteiger charge is 2.24. The Labute approximate surface area is 87.3 Å². The molecule has 3 atom stereocenters. The zero-order valence-electron chi connectivity index (χ0n) is 9.40. The average Bonchev–Trinajstić information content (AvgIpc) is 2.14. The van der Waals surface area contributed by atoms with Crippen molar-refractivity contribution in [2.24, 2.45) is 5.92 Å². The van der Waals surface area contributed by atoms with E-state index < -0.39 is 0 Å². The van der Waals surface area contributed by atoms with Gasteiger partial charge in [0.05, 0.1) is 12.2 Å². The van der Waals surface area contributed by atoms with E-state index in [4.69, 9.17) is 9.47 Å². The highest BCUT2D eigenvalue weighted by molar-refractivity contribution is 4.94. The molecule has 1 aliphatic heterocycles. The van der Waals surface area contributed by atoms with Gasteiger partial charge < -0.3 is 9.47 Å². The Hall–Kier alpha value is -0.340. The minimum atomic E-state index is -0.0759. The first kappa shape index (κ1) is 11.7. The molecule has 0 spiro atoms. The predicted octanol–water partition coefficient (Wildman–Crippen LogP) is 2.94. The van der Waals surface area contributed by atoms with Crippen LogP contribution in [0.3, 0.4) is 0 Å². The molecule has 1 fully saturated rings. The summed E-state index contributed by atoms with van der Waals surface area (Å²) in [6, 6.07) is 0. The SMILES string of the molecule is [CH2][C@@H]1C[C@H](/C=C/C(C)C)O[C@H](CC)O1. The number of hydrogen-bond acceptors (Lipinski definition) is 2. The van der Waals surface area contributed by atoms with Crippen LogP contribution in [0.2, 0.25) is 0 Å². The molecule has 1 rings (SSSR count). The third kappa shape index (κ3) is 3.81. The lowest BCUT2D eigenvalue weighted by Gasteiger charge is -2.32. The number of ether oxygens (including phenoxy) is 2. The first-order valence-electron chi connectivity index (χ1n) is 5.44. The van der Waals surface area contributed by atoms with Gasteiger partial charge in [-0.1, -0.05) is 32.9 Å². The topological polar surface area (TPSA) is 18.5 Å². The van der Waals surface area contributed by atoms with Crippen LogP contribution in [0, 0.1) is 12.8 Å². The Kier molecular flexibility index (Phi) is 4.63. The van der Waals surface area contributed by atoms with Crippen molar-refractivity contribution in [1.29, 1.82) is 0 Å². The van der Waals surface area contributed by atoms with Gasteiger partial charge in [0.25, 0.3) is 0 Å². The fraction of sp³-hybridized carbons (Fsp3) is 0.750. The van der Waals surface area contributed by atoms with Crippen molar-refractivity contribution < 1.29 is 9.47 Å². The van der Waals surface area contributed by atoms with Gasteiger partial charge in [0.1, 0.15) is 0 Å². The van der Waals surface area contributed by atoms with Crippen molar-refractivity contribution >= 4 is 0 Å². The molecule has 2 nitrogen and oxygen atoms in total. The lowest BCUT2D eigenvalue weighted by Crippen LogP contribution is -2.35. The van der Waals surface area contributed by atoms with E-state index in [0.29, 0.717) is 5.92 Å². The van der Waals surface area contributed by atoms with Gasteiger partial charge in [-0.15, -0.1) is 0 Å². The number of allylic oxidation sites excluding steroid dienone is 1. The van der Waals surface area contributed by atoms with E-state index in [1.165, 1.54) is 0 Å². The molecule has 81 valence electrons. The molecular weight excluding hydrogens is 176 g/mol. The van der Waals surface area contributed by atoms with Crippen LogP contribution in [0.25, 0.3) is 0 Å². The molecule has 0 bridgehead atoms. The Morgan fingerprint density at radius 2 is 2.14 bits per heavy atom. The van der Waals surface area contributed by atoms with Gasteiger partial charge in [-0.3, -0.25) is 0 Å². The van der Waals surface area contributed by atoms with Crippen LogP contribution >= 0.6 is 0 Å². The predicted molar refractivity (Wildman–Crippen MR) is 57.8 cm³/mol. The maximum absolute atomic E-state index is 5.71. The number of rotatable bonds is 3. The molecule has 0 N–H and O–H groups in total. The molecule has 1 radical (unpaired) electrons. The van der Waals surface area contributed by atoms with Gasteiger partial charge in [-0.2, -0.15) is 0 Å². The number of hydrogen-bond donors (Lipinski definition) is 0. The summed E-state index contributed by atoms with van der Waals surface area (Å²) in [5.74, 6) is 0.574. The molecule has 1 saturated heterocycles. The van der Waals surface area contributed by atoms with Crippen LogP contribution in [-0.2, 0) is 9.47 Å². The lowest BCUT2D eigenvalue weighted by molar-refractivity contribution is -0.221. The zero-order chi connectivity index (χ0) is 10.6. The molecule has 0 amide bonds. The molecular formula is C12H21O2. The van der Waals surface area contributed by atoms with E-state index in [9.17, 15) is 0 Å². The smallest absolute Gasteiger partial charge is 0.158 e. The van der Waals surface area contributed by atoms with E-state index >= 15 is 0 Å². The maximum Gasteiger partial charge on any atom is 0.158 e. The second kappa shape index (κ2) is 5.52. The van der Waals surface area contributed by atoms with Crippen LogP contribution in [0.5, 0.6) is 0 Å². The normalized spacial score (nSPS) is 34.2. The fourth-order valence-corrected chi connectivity index (χ4v) is 1.47. The van der Waals surface area contributed by atoms with Crippen LogP contribution in [0.15, 0.2) is 12.2 Å². The van der Waals surface area contributed by atoms with Crippen molar-refractivity contribution in [3.63, 3.8) is 0 Å². The lowest BCUT2D eigenvalue weighted by atomic mass is 10.1. The quantitative estimate of drug-likeness (QED) is 0.648. The van der Waals surface area contributed by atoms with Gasteiger partial charge >= 0.3 is 0 Å². The molecule has 0 unspecified atom stereocenters. The molecule has 14 heavy (non-hydrogen) atoms. The first-order valence-corrected chi connectivity index (χ1v) is 5.44. The van der Waals surface area contributed by atoms with Crippen molar-refractivity contribution in [3.05, 3.63) is 19.1 Å². The minimum absolute atomic E-state index is 0.0653. The Bertz CT molecular complexity index is 187. The molecule has 2 heteroatoms. The molecule has 0 aromatic heterocycles. The van der Waals surface area contributed by atoms with Crippen molar-refractivity contribution in [1.82, 2.24) is 0 Å². The maximum atomic E-state index is 5.71. The molecule has 0 aromatic carbocycles. The first-order chi connectivity index (χ1) is 6.61.